The van der Waals surface area contributed by atoms with Gasteiger partial charge >= 0.3 is 0 Å². The highest BCUT2D eigenvalue weighted by molar-refractivity contribution is 8.00. The first-order valence-electron chi connectivity index (χ1n) is 5.79. The number of rotatable bonds is 2. The second-order valence-corrected chi connectivity index (χ2v) is 6.08. The number of halogens is 2. The Bertz CT molecular complexity index is 410. The molecule has 1 N–H and O–H groups in total. The molecule has 2 atom stereocenters. The van der Waals surface area contributed by atoms with Crippen molar-refractivity contribution in [1.82, 2.24) is 0 Å². The predicted molar refractivity (Wildman–Crippen MR) is 66.2 cm³/mol. The molecule has 0 radical (unpaired) electrons. The van der Waals surface area contributed by atoms with E-state index in [-0.39, 0.29) is 17.2 Å². The van der Waals surface area contributed by atoms with Crippen LogP contribution in [0.5, 0.6) is 0 Å². The Morgan fingerprint density at radius 2 is 2.24 bits per heavy atom. The van der Waals surface area contributed by atoms with Gasteiger partial charge in [0.05, 0.1) is 5.60 Å². The zero-order chi connectivity index (χ0) is 12.5. The Morgan fingerprint density at radius 1 is 1.47 bits per heavy atom. The SMILES string of the molecule is CC1SCCCC1(O)Cc1cc(F)ccc1F. The van der Waals surface area contributed by atoms with Crippen LogP contribution in [0, 0.1) is 11.6 Å². The molecule has 0 aromatic heterocycles. The fraction of sp³-hybridized carbons (Fsp3) is 0.538. The smallest absolute Gasteiger partial charge is 0.126 e. The quantitative estimate of drug-likeness (QED) is 0.879. The molecule has 1 fully saturated rings. The Morgan fingerprint density at radius 3 is 2.94 bits per heavy atom. The van der Waals surface area contributed by atoms with E-state index < -0.39 is 17.2 Å². The van der Waals surface area contributed by atoms with Gasteiger partial charge < -0.3 is 5.11 Å². The van der Waals surface area contributed by atoms with E-state index in [4.69, 9.17) is 0 Å². The van der Waals surface area contributed by atoms with Crippen LogP contribution in [0.3, 0.4) is 0 Å². The van der Waals surface area contributed by atoms with Crippen molar-refractivity contribution in [3.8, 4) is 0 Å². The highest BCUT2D eigenvalue weighted by atomic mass is 32.2. The highest BCUT2D eigenvalue weighted by Gasteiger charge is 2.37. The Kier molecular flexibility index (Phi) is 3.73. The second kappa shape index (κ2) is 4.94. The lowest BCUT2D eigenvalue weighted by Gasteiger charge is -2.37. The van der Waals surface area contributed by atoms with Gasteiger partial charge in [-0.1, -0.05) is 6.92 Å². The lowest BCUT2D eigenvalue weighted by Crippen LogP contribution is -2.43. The number of benzene rings is 1. The second-order valence-electron chi connectivity index (χ2n) is 4.63. The van der Waals surface area contributed by atoms with E-state index in [2.05, 4.69) is 0 Å². The largest absolute Gasteiger partial charge is 0.388 e. The summed E-state index contributed by atoms with van der Waals surface area (Å²) >= 11 is 1.69. The van der Waals surface area contributed by atoms with Gasteiger partial charge in [-0.05, 0) is 42.4 Å². The molecule has 2 rings (SSSR count). The molecule has 17 heavy (non-hydrogen) atoms. The van der Waals surface area contributed by atoms with Crippen LogP contribution < -0.4 is 0 Å². The van der Waals surface area contributed by atoms with E-state index >= 15 is 0 Å². The Balaban J connectivity index is 2.21. The van der Waals surface area contributed by atoms with Crippen molar-refractivity contribution >= 4 is 11.8 Å². The summed E-state index contributed by atoms with van der Waals surface area (Å²) in [7, 11) is 0. The molecule has 1 aliphatic rings. The van der Waals surface area contributed by atoms with Crippen molar-refractivity contribution in [3.63, 3.8) is 0 Å². The molecule has 0 saturated carbocycles. The van der Waals surface area contributed by atoms with Gasteiger partial charge in [0, 0.05) is 11.7 Å². The van der Waals surface area contributed by atoms with E-state index in [0.29, 0.717) is 6.42 Å². The summed E-state index contributed by atoms with van der Waals surface area (Å²) in [6.45, 7) is 1.95. The number of hydrogen-bond acceptors (Lipinski definition) is 2. The monoisotopic (exact) mass is 258 g/mol. The minimum atomic E-state index is -0.919. The Labute approximate surface area is 104 Å². The molecule has 1 heterocycles. The molecule has 0 aliphatic carbocycles. The van der Waals surface area contributed by atoms with Gasteiger partial charge in [-0.25, -0.2) is 8.78 Å². The molecule has 0 amide bonds. The molecular formula is C13H16F2OS. The number of thioether (sulfide) groups is 1. The highest BCUT2D eigenvalue weighted by Crippen LogP contribution is 2.36. The van der Waals surface area contributed by atoms with Crippen LogP contribution >= 0.6 is 11.8 Å². The van der Waals surface area contributed by atoms with Crippen molar-refractivity contribution in [3.05, 3.63) is 35.4 Å². The van der Waals surface area contributed by atoms with Crippen LogP contribution in [0.25, 0.3) is 0 Å². The van der Waals surface area contributed by atoms with Gasteiger partial charge in [-0.3, -0.25) is 0 Å². The standard InChI is InChI=1S/C13H16F2OS/c1-9-13(16,5-2-6-17-9)8-10-7-11(14)3-4-12(10)15/h3-4,7,9,16H,2,5-6,8H2,1H3. The molecular weight excluding hydrogens is 242 g/mol. The molecule has 1 aliphatic heterocycles. The lowest BCUT2D eigenvalue weighted by molar-refractivity contribution is 0.0289. The van der Waals surface area contributed by atoms with E-state index in [1.165, 1.54) is 6.07 Å². The molecule has 0 spiro atoms. The molecule has 1 aromatic carbocycles. The summed E-state index contributed by atoms with van der Waals surface area (Å²) in [5.41, 5.74) is -0.653. The zero-order valence-electron chi connectivity index (χ0n) is 9.75. The molecule has 2 unspecified atom stereocenters. The van der Waals surface area contributed by atoms with Crippen LogP contribution in [-0.4, -0.2) is 21.7 Å². The van der Waals surface area contributed by atoms with Crippen molar-refractivity contribution in [2.45, 2.75) is 37.0 Å². The summed E-state index contributed by atoms with van der Waals surface area (Å²) < 4.78 is 26.6. The minimum absolute atomic E-state index is 0.0546. The summed E-state index contributed by atoms with van der Waals surface area (Å²) in [5.74, 6) is 0.124. The van der Waals surface area contributed by atoms with E-state index in [9.17, 15) is 13.9 Å². The summed E-state index contributed by atoms with van der Waals surface area (Å²) in [6, 6.07) is 3.40. The predicted octanol–water partition coefficient (Wildman–Crippen LogP) is 3.15. The fourth-order valence-corrected chi connectivity index (χ4v) is 3.41. The van der Waals surface area contributed by atoms with E-state index in [1.807, 2.05) is 6.92 Å². The zero-order valence-corrected chi connectivity index (χ0v) is 10.6. The first kappa shape index (κ1) is 12.8. The maximum absolute atomic E-state index is 13.5. The first-order chi connectivity index (χ1) is 8.01. The molecule has 94 valence electrons. The minimum Gasteiger partial charge on any atom is -0.388 e. The number of hydrogen-bond donors (Lipinski definition) is 1. The average molecular weight is 258 g/mol. The van der Waals surface area contributed by atoms with Gasteiger partial charge in [-0.15, -0.1) is 0 Å². The van der Waals surface area contributed by atoms with Gasteiger partial charge in [0.2, 0.25) is 0 Å². The fourth-order valence-electron chi connectivity index (χ4n) is 2.24. The van der Waals surface area contributed by atoms with Crippen molar-refractivity contribution in [2.75, 3.05) is 5.75 Å². The van der Waals surface area contributed by atoms with Crippen molar-refractivity contribution in [2.24, 2.45) is 0 Å². The van der Waals surface area contributed by atoms with E-state index in [0.717, 1.165) is 24.3 Å². The third kappa shape index (κ3) is 2.80. The molecule has 1 aromatic rings. The van der Waals surface area contributed by atoms with Gasteiger partial charge in [0.25, 0.3) is 0 Å². The van der Waals surface area contributed by atoms with Gasteiger partial charge in [0.1, 0.15) is 11.6 Å². The Hall–Kier alpha value is -0.610. The van der Waals surface area contributed by atoms with Crippen LogP contribution in [0.2, 0.25) is 0 Å². The van der Waals surface area contributed by atoms with Crippen LogP contribution in [0.4, 0.5) is 8.78 Å². The van der Waals surface area contributed by atoms with E-state index in [1.54, 1.807) is 11.8 Å². The van der Waals surface area contributed by atoms with Gasteiger partial charge in [0.15, 0.2) is 0 Å². The molecule has 1 saturated heterocycles. The van der Waals surface area contributed by atoms with Gasteiger partial charge in [-0.2, -0.15) is 11.8 Å². The van der Waals surface area contributed by atoms with Crippen molar-refractivity contribution < 1.29 is 13.9 Å². The first-order valence-corrected chi connectivity index (χ1v) is 6.84. The molecule has 4 heteroatoms. The normalized spacial score (nSPS) is 29.3. The third-order valence-corrected chi connectivity index (χ3v) is 4.85. The summed E-state index contributed by atoms with van der Waals surface area (Å²) in [6.07, 6.45) is 1.75. The van der Waals surface area contributed by atoms with Crippen LogP contribution in [0.1, 0.15) is 25.3 Å². The molecule has 1 nitrogen and oxygen atoms in total. The summed E-state index contributed by atoms with van der Waals surface area (Å²) in [4.78, 5) is 0. The van der Waals surface area contributed by atoms with Crippen molar-refractivity contribution in [1.29, 1.82) is 0 Å². The summed E-state index contributed by atoms with van der Waals surface area (Å²) in [5, 5.41) is 10.6. The molecule has 0 bridgehead atoms. The third-order valence-electron chi connectivity index (χ3n) is 3.38. The van der Waals surface area contributed by atoms with Crippen LogP contribution in [-0.2, 0) is 6.42 Å². The number of aliphatic hydroxyl groups is 1. The maximum Gasteiger partial charge on any atom is 0.126 e. The topological polar surface area (TPSA) is 20.2 Å². The lowest BCUT2D eigenvalue weighted by atomic mass is 9.87. The average Bonchev–Trinajstić information content (AvgIpc) is 2.28. The van der Waals surface area contributed by atoms with Crippen LogP contribution in [0.15, 0.2) is 18.2 Å². The maximum atomic E-state index is 13.5.